The Bertz CT molecular complexity index is 1030. The van der Waals surface area contributed by atoms with Gasteiger partial charge in [-0.25, -0.2) is 14.6 Å². The quantitative estimate of drug-likeness (QED) is 0.580. The summed E-state index contributed by atoms with van der Waals surface area (Å²) in [5, 5.41) is 4.26. The third-order valence-electron chi connectivity index (χ3n) is 6.72. The van der Waals surface area contributed by atoms with Crippen molar-refractivity contribution in [2.75, 3.05) is 50.7 Å². The van der Waals surface area contributed by atoms with E-state index >= 15 is 0 Å². The highest BCUT2D eigenvalue weighted by Crippen LogP contribution is 2.24. The van der Waals surface area contributed by atoms with Crippen LogP contribution in [0, 0.1) is 5.92 Å². The Morgan fingerprint density at radius 1 is 0.970 bits per heavy atom. The van der Waals surface area contributed by atoms with Gasteiger partial charge in [-0.2, -0.15) is 5.10 Å². The van der Waals surface area contributed by atoms with Gasteiger partial charge in [0.2, 0.25) is 5.91 Å². The minimum Gasteiger partial charge on any atom is -0.356 e. The molecule has 33 heavy (non-hydrogen) atoms. The lowest BCUT2D eigenvalue weighted by molar-refractivity contribution is -0.137. The lowest BCUT2D eigenvalue weighted by Gasteiger charge is -2.39. The predicted octanol–water partition coefficient (Wildman–Crippen LogP) is 2.27. The molecule has 1 unspecified atom stereocenters. The minimum absolute atomic E-state index is 0.0257. The van der Waals surface area contributed by atoms with Gasteiger partial charge in [0.1, 0.15) is 12.1 Å². The van der Waals surface area contributed by atoms with E-state index in [1.165, 1.54) is 5.56 Å². The average Bonchev–Trinajstić information content (AvgIpc) is 3.43. The Morgan fingerprint density at radius 3 is 2.58 bits per heavy atom. The maximum Gasteiger partial charge on any atom is 0.227 e. The van der Waals surface area contributed by atoms with E-state index in [-0.39, 0.29) is 5.92 Å². The van der Waals surface area contributed by atoms with Gasteiger partial charge in [0, 0.05) is 64.3 Å². The molecule has 0 radical (unpaired) electrons. The van der Waals surface area contributed by atoms with Crippen LogP contribution < -0.4 is 4.90 Å². The van der Waals surface area contributed by atoms with Crippen LogP contribution in [0.25, 0.3) is 5.82 Å². The molecule has 0 saturated carbocycles. The van der Waals surface area contributed by atoms with Crippen LogP contribution in [0.1, 0.15) is 18.4 Å². The van der Waals surface area contributed by atoms with Crippen molar-refractivity contribution in [3.63, 3.8) is 0 Å². The van der Waals surface area contributed by atoms with Crippen LogP contribution >= 0.6 is 0 Å². The Hall–Kier alpha value is -3.26. The zero-order chi connectivity index (χ0) is 22.5. The largest absolute Gasteiger partial charge is 0.356 e. The molecule has 0 bridgehead atoms. The molecular weight excluding hydrogens is 414 g/mol. The van der Waals surface area contributed by atoms with E-state index in [0.29, 0.717) is 12.5 Å². The van der Waals surface area contributed by atoms with E-state index < -0.39 is 0 Å². The maximum atomic E-state index is 13.3. The summed E-state index contributed by atoms with van der Waals surface area (Å²) in [6, 6.07) is 14.4. The van der Waals surface area contributed by atoms with Gasteiger partial charge in [0.05, 0.1) is 5.92 Å². The van der Waals surface area contributed by atoms with Crippen molar-refractivity contribution in [1.82, 2.24) is 29.5 Å². The molecule has 5 rings (SSSR count). The predicted molar refractivity (Wildman–Crippen MR) is 127 cm³/mol. The summed E-state index contributed by atoms with van der Waals surface area (Å²) in [6.07, 6.45) is 8.18. The van der Waals surface area contributed by atoms with E-state index in [1.807, 2.05) is 18.3 Å². The van der Waals surface area contributed by atoms with E-state index in [1.54, 1.807) is 17.2 Å². The lowest BCUT2D eigenvalue weighted by Crippen LogP contribution is -2.52. The SMILES string of the molecule is O=C(C1CCCN(c2cc(-n3cccn3)ncn2)C1)N1CCN(CCc2ccccc2)CC1. The maximum absolute atomic E-state index is 13.3. The smallest absolute Gasteiger partial charge is 0.227 e. The highest BCUT2D eigenvalue weighted by atomic mass is 16.2. The summed E-state index contributed by atoms with van der Waals surface area (Å²) < 4.78 is 1.73. The van der Waals surface area contributed by atoms with E-state index in [0.717, 1.165) is 70.2 Å². The third kappa shape index (κ3) is 5.22. The molecule has 1 aromatic carbocycles. The van der Waals surface area contributed by atoms with Crippen molar-refractivity contribution in [3.05, 3.63) is 66.7 Å². The molecule has 1 atom stereocenters. The first-order chi connectivity index (χ1) is 16.3. The van der Waals surface area contributed by atoms with Crippen LogP contribution in [0.15, 0.2) is 61.2 Å². The number of carbonyl (C=O) groups is 1. The number of piperidine rings is 1. The number of amides is 1. The monoisotopic (exact) mass is 445 g/mol. The van der Waals surface area contributed by atoms with Crippen molar-refractivity contribution >= 4 is 11.7 Å². The number of hydrogen-bond acceptors (Lipinski definition) is 6. The van der Waals surface area contributed by atoms with Crippen molar-refractivity contribution in [3.8, 4) is 5.82 Å². The zero-order valence-corrected chi connectivity index (χ0v) is 19.0. The van der Waals surface area contributed by atoms with Gasteiger partial charge in [0.15, 0.2) is 5.82 Å². The fourth-order valence-electron chi connectivity index (χ4n) is 4.81. The molecule has 1 amide bonds. The number of nitrogens with zero attached hydrogens (tertiary/aromatic N) is 7. The number of hydrogen-bond donors (Lipinski definition) is 0. The first-order valence-corrected chi connectivity index (χ1v) is 11.9. The summed E-state index contributed by atoms with van der Waals surface area (Å²) in [5.74, 6) is 1.92. The highest BCUT2D eigenvalue weighted by Gasteiger charge is 2.31. The van der Waals surface area contributed by atoms with Crippen molar-refractivity contribution in [2.24, 2.45) is 5.92 Å². The summed E-state index contributed by atoms with van der Waals surface area (Å²) in [7, 11) is 0. The second kappa shape index (κ2) is 10.1. The average molecular weight is 446 g/mol. The molecule has 8 nitrogen and oxygen atoms in total. The van der Waals surface area contributed by atoms with Crippen molar-refractivity contribution in [1.29, 1.82) is 0 Å². The van der Waals surface area contributed by atoms with Gasteiger partial charge in [-0.05, 0) is 30.9 Å². The molecule has 2 aromatic heterocycles. The standard InChI is InChI=1S/C25H31N7O/c33-25(30-16-14-29(15-17-30)13-9-21-6-2-1-3-7-21)22-8-4-11-31(19-22)23-18-24(27-20-26-23)32-12-5-10-28-32/h1-3,5-7,10,12,18,20,22H,4,8-9,11,13-17,19H2. The number of benzene rings is 1. The molecule has 2 aliphatic heterocycles. The van der Waals surface area contributed by atoms with Gasteiger partial charge in [0.25, 0.3) is 0 Å². The molecular formula is C25H31N7O. The molecule has 0 spiro atoms. The summed E-state index contributed by atoms with van der Waals surface area (Å²) in [4.78, 5) is 28.9. The minimum atomic E-state index is 0.0257. The number of aromatic nitrogens is 4. The number of rotatable bonds is 6. The van der Waals surface area contributed by atoms with Gasteiger partial charge >= 0.3 is 0 Å². The van der Waals surface area contributed by atoms with Crippen LogP contribution in [0.4, 0.5) is 5.82 Å². The number of anilines is 1. The summed E-state index contributed by atoms with van der Waals surface area (Å²) in [5.41, 5.74) is 1.37. The van der Waals surface area contributed by atoms with Gasteiger partial charge in [-0.1, -0.05) is 30.3 Å². The Morgan fingerprint density at radius 2 is 1.79 bits per heavy atom. The van der Waals surface area contributed by atoms with Gasteiger partial charge in [-0.15, -0.1) is 0 Å². The third-order valence-corrected chi connectivity index (χ3v) is 6.72. The molecule has 2 aliphatic rings. The van der Waals surface area contributed by atoms with Crippen LogP contribution in [-0.4, -0.2) is 81.3 Å². The molecule has 4 heterocycles. The number of carbonyl (C=O) groups excluding carboxylic acids is 1. The van der Waals surface area contributed by atoms with Crippen molar-refractivity contribution < 1.29 is 4.79 Å². The molecule has 172 valence electrons. The lowest BCUT2D eigenvalue weighted by atomic mass is 9.96. The first kappa shape index (κ1) is 21.6. The molecule has 8 heteroatoms. The van der Waals surface area contributed by atoms with Crippen molar-refractivity contribution in [2.45, 2.75) is 19.3 Å². The second-order valence-corrected chi connectivity index (χ2v) is 8.87. The van der Waals surface area contributed by atoms with Crippen LogP contribution in [0.2, 0.25) is 0 Å². The van der Waals surface area contributed by atoms with E-state index in [4.69, 9.17) is 0 Å². The zero-order valence-electron chi connectivity index (χ0n) is 19.0. The Labute approximate surface area is 194 Å². The van der Waals surface area contributed by atoms with E-state index in [2.05, 4.69) is 60.1 Å². The molecule has 2 fully saturated rings. The summed E-state index contributed by atoms with van der Waals surface area (Å²) in [6.45, 7) is 6.22. The molecule has 3 aromatic rings. The van der Waals surface area contributed by atoms with Crippen LogP contribution in [0.3, 0.4) is 0 Å². The Kier molecular flexibility index (Phi) is 6.62. The molecule has 0 aliphatic carbocycles. The number of piperazine rings is 1. The molecule has 2 saturated heterocycles. The van der Waals surface area contributed by atoms with E-state index in [9.17, 15) is 4.79 Å². The van der Waals surface area contributed by atoms with Gasteiger partial charge < -0.3 is 9.80 Å². The fraction of sp³-hybridized carbons (Fsp3) is 0.440. The normalized spacial score (nSPS) is 19.6. The van der Waals surface area contributed by atoms with Crippen LogP contribution in [0.5, 0.6) is 0 Å². The first-order valence-electron chi connectivity index (χ1n) is 11.9. The second-order valence-electron chi connectivity index (χ2n) is 8.87. The van der Waals surface area contributed by atoms with Crippen LogP contribution in [-0.2, 0) is 11.2 Å². The Balaban J connectivity index is 1.14. The topological polar surface area (TPSA) is 70.4 Å². The van der Waals surface area contributed by atoms with Gasteiger partial charge in [-0.3, -0.25) is 9.69 Å². The summed E-state index contributed by atoms with van der Waals surface area (Å²) >= 11 is 0. The fourth-order valence-corrected chi connectivity index (χ4v) is 4.81. The highest BCUT2D eigenvalue weighted by molar-refractivity contribution is 5.80. The molecule has 0 N–H and O–H groups in total.